The number of nitrogens with one attached hydrogen (secondary N) is 1. The highest BCUT2D eigenvalue weighted by atomic mass is 16.5. The van der Waals surface area contributed by atoms with Crippen LogP contribution in [0.5, 0.6) is 11.5 Å². The second-order valence-corrected chi connectivity index (χ2v) is 5.11. The van der Waals surface area contributed by atoms with Gasteiger partial charge in [0.25, 0.3) is 0 Å². The average molecular weight is 321 g/mol. The van der Waals surface area contributed by atoms with E-state index in [1.165, 1.54) is 0 Å². The Bertz CT molecular complexity index is 542. The third-order valence-corrected chi connectivity index (χ3v) is 3.59. The molecule has 1 aromatic carbocycles. The first-order chi connectivity index (χ1) is 11.2. The molecule has 0 atom stereocenters. The molecule has 1 aliphatic heterocycles. The maximum atomic E-state index is 11.8. The lowest BCUT2D eigenvalue weighted by molar-refractivity contribution is -0.121. The number of methoxy groups -OCH3 is 2. The molecule has 1 amide bonds. The maximum Gasteiger partial charge on any atom is 0.241 e. The van der Waals surface area contributed by atoms with Crippen LogP contribution in [0.1, 0.15) is 12.0 Å². The SMILES string of the molecule is COc1ccc(/C=N\NC(=O)CCN2CCOCC2)c(OC)c1. The van der Waals surface area contributed by atoms with E-state index in [1.54, 1.807) is 26.5 Å². The molecule has 2 rings (SSSR count). The Labute approximate surface area is 136 Å². The van der Waals surface area contributed by atoms with Crippen LogP contribution < -0.4 is 14.9 Å². The Morgan fingerprint density at radius 3 is 2.83 bits per heavy atom. The molecule has 1 fully saturated rings. The van der Waals surface area contributed by atoms with Crippen LogP contribution in [0.15, 0.2) is 23.3 Å². The molecule has 0 saturated carbocycles. The van der Waals surface area contributed by atoms with Crippen molar-refractivity contribution in [3.05, 3.63) is 23.8 Å². The monoisotopic (exact) mass is 321 g/mol. The van der Waals surface area contributed by atoms with E-state index >= 15 is 0 Å². The van der Waals surface area contributed by atoms with Gasteiger partial charge in [0, 0.05) is 37.7 Å². The zero-order valence-electron chi connectivity index (χ0n) is 13.6. The van der Waals surface area contributed by atoms with Gasteiger partial charge < -0.3 is 14.2 Å². The lowest BCUT2D eigenvalue weighted by Crippen LogP contribution is -2.38. The molecule has 0 aliphatic carbocycles. The summed E-state index contributed by atoms with van der Waals surface area (Å²) in [5, 5.41) is 3.98. The number of ether oxygens (including phenoxy) is 3. The standard InChI is InChI=1S/C16H23N3O4/c1-21-14-4-3-13(15(11-14)22-2)12-17-18-16(20)5-6-19-7-9-23-10-8-19/h3-4,11-12H,5-10H2,1-2H3,(H,18,20)/b17-12-. The van der Waals surface area contributed by atoms with Gasteiger partial charge in [-0.15, -0.1) is 0 Å². The second kappa shape index (κ2) is 9.12. The molecule has 126 valence electrons. The topological polar surface area (TPSA) is 72.4 Å². The van der Waals surface area contributed by atoms with Gasteiger partial charge in [0.15, 0.2) is 0 Å². The molecule has 7 heteroatoms. The number of nitrogens with zero attached hydrogens (tertiary/aromatic N) is 2. The molecule has 0 unspecified atom stereocenters. The zero-order valence-corrected chi connectivity index (χ0v) is 13.6. The Kier molecular flexibility index (Phi) is 6.83. The van der Waals surface area contributed by atoms with Gasteiger partial charge in [-0.25, -0.2) is 5.43 Å². The lowest BCUT2D eigenvalue weighted by Gasteiger charge is -2.25. The summed E-state index contributed by atoms with van der Waals surface area (Å²) in [6.45, 7) is 3.93. The first kappa shape index (κ1) is 17.2. The van der Waals surface area contributed by atoms with Crippen molar-refractivity contribution in [2.24, 2.45) is 5.10 Å². The Balaban J connectivity index is 1.80. The van der Waals surface area contributed by atoms with E-state index < -0.39 is 0 Å². The van der Waals surface area contributed by atoms with Crippen molar-refractivity contribution in [2.75, 3.05) is 47.1 Å². The van der Waals surface area contributed by atoms with E-state index in [4.69, 9.17) is 14.2 Å². The summed E-state index contributed by atoms with van der Waals surface area (Å²) in [7, 11) is 3.17. The van der Waals surface area contributed by atoms with Crippen molar-refractivity contribution in [1.29, 1.82) is 0 Å². The minimum atomic E-state index is -0.111. The summed E-state index contributed by atoms with van der Waals surface area (Å²) in [6.07, 6.45) is 1.97. The molecular formula is C16H23N3O4. The highest BCUT2D eigenvalue weighted by molar-refractivity contribution is 5.85. The Hall–Kier alpha value is -2.12. The molecule has 1 aromatic rings. The first-order valence-electron chi connectivity index (χ1n) is 7.57. The summed E-state index contributed by atoms with van der Waals surface area (Å²) in [5.41, 5.74) is 3.30. The summed E-state index contributed by atoms with van der Waals surface area (Å²) in [5.74, 6) is 1.23. The summed E-state index contributed by atoms with van der Waals surface area (Å²) < 4.78 is 15.7. The highest BCUT2D eigenvalue weighted by Crippen LogP contribution is 2.22. The zero-order chi connectivity index (χ0) is 16.5. The molecule has 0 radical (unpaired) electrons. The molecule has 23 heavy (non-hydrogen) atoms. The van der Waals surface area contributed by atoms with Gasteiger partial charge in [0.1, 0.15) is 11.5 Å². The predicted molar refractivity (Wildman–Crippen MR) is 87.2 cm³/mol. The van der Waals surface area contributed by atoms with Gasteiger partial charge in [-0.2, -0.15) is 5.10 Å². The van der Waals surface area contributed by atoms with Gasteiger partial charge in [-0.1, -0.05) is 0 Å². The third kappa shape index (κ3) is 5.54. The van der Waals surface area contributed by atoms with Crippen LogP contribution in [-0.2, 0) is 9.53 Å². The number of carbonyl (C=O) groups is 1. The molecular weight excluding hydrogens is 298 g/mol. The van der Waals surface area contributed by atoms with E-state index in [1.807, 2.05) is 12.1 Å². The van der Waals surface area contributed by atoms with Gasteiger partial charge in [-0.05, 0) is 12.1 Å². The minimum Gasteiger partial charge on any atom is -0.497 e. The summed E-state index contributed by atoms with van der Waals surface area (Å²) >= 11 is 0. The van der Waals surface area contributed by atoms with Gasteiger partial charge >= 0.3 is 0 Å². The molecule has 1 heterocycles. The number of hydrogen-bond acceptors (Lipinski definition) is 6. The van der Waals surface area contributed by atoms with Crippen LogP contribution >= 0.6 is 0 Å². The van der Waals surface area contributed by atoms with Crippen molar-refractivity contribution < 1.29 is 19.0 Å². The number of morpholine rings is 1. The number of hydrogen-bond donors (Lipinski definition) is 1. The van der Waals surface area contributed by atoms with Crippen LogP contribution in [0, 0.1) is 0 Å². The first-order valence-corrected chi connectivity index (χ1v) is 7.57. The Morgan fingerprint density at radius 2 is 2.13 bits per heavy atom. The van der Waals surface area contributed by atoms with Crippen LogP contribution in [-0.4, -0.2) is 64.1 Å². The van der Waals surface area contributed by atoms with Crippen LogP contribution in [0.4, 0.5) is 0 Å². The molecule has 1 aliphatic rings. The Morgan fingerprint density at radius 1 is 1.35 bits per heavy atom. The number of amides is 1. The van der Waals surface area contributed by atoms with Gasteiger partial charge in [-0.3, -0.25) is 9.69 Å². The van der Waals surface area contributed by atoms with E-state index in [0.29, 0.717) is 17.9 Å². The molecule has 0 aromatic heterocycles. The van der Waals surface area contributed by atoms with Crippen molar-refractivity contribution in [3.63, 3.8) is 0 Å². The molecule has 0 spiro atoms. The van der Waals surface area contributed by atoms with Crippen molar-refractivity contribution >= 4 is 12.1 Å². The van der Waals surface area contributed by atoms with E-state index in [9.17, 15) is 4.79 Å². The number of hydrazone groups is 1. The summed E-state index contributed by atoms with van der Waals surface area (Å²) in [6, 6.07) is 5.40. The minimum absolute atomic E-state index is 0.111. The van der Waals surface area contributed by atoms with Crippen LogP contribution in [0.25, 0.3) is 0 Å². The smallest absolute Gasteiger partial charge is 0.241 e. The maximum absolute atomic E-state index is 11.8. The van der Waals surface area contributed by atoms with E-state index in [0.717, 1.165) is 38.4 Å². The number of benzene rings is 1. The fraction of sp³-hybridized carbons (Fsp3) is 0.500. The fourth-order valence-electron chi connectivity index (χ4n) is 2.24. The second-order valence-electron chi connectivity index (χ2n) is 5.11. The fourth-order valence-corrected chi connectivity index (χ4v) is 2.24. The van der Waals surface area contributed by atoms with Crippen LogP contribution in [0.3, 0.4) is 0 Å². The predicted octanol–water partition coefficient (Wildman–Crippen LogP) is 0.876. The average Bonchev–Trinajstić information content (AvgIpc) is 2.61. The normalized spacial score (nSPS) is 15.6. The van der Waals surface area contributed by atoms with Gasteiger partial charge in [0.2, 0.25) is 5.91 Å². The van der Waals surface area contributed by atoms with Gasteiger partial charge in [0.05, 0.1) is 33.6 Å². The van der Waals surface area contributed by atoms with Crippen molar-refractivity contribution in [1.82, 2.24) is 10.3 Å². The molecule has 1 saturated heterocycles. The van der Waals surface area contributed by atoms with E-state index in [-0.39, 0.29) is 5.91 Å². The van der Waals surface area contributed by atoms with Crippen molar-refractivity contribution in [2.45, 2.75) is 6.42 Å². The molecule has 0 bridgehead atoms. The van der Waals surface area contributed by atoms with Crippen LogP contribution in [0.2, 0.25) is 0 Å². The highest BCUT2D eigenvalue weighted by Gasteiger charge is 2.11. The van der Waals surface area contributed by atoms with E-state index in [2.05, 4.69) is 15.4 Å². The van der Waals surface area contributed by atoms with Crippen molar-refractivity contribution in [3.8, 4) is 11.5 Å². The number of rotatable bonds is 7. The largest absolute Gasteiger partial charge is 0.497 e. The molecule has 1 N–H and O–H groups in total. The summed E-state index contributed by atoms with van der Waals surface area (Å²) in [4.78, 5) is 14.0. The number of carbonyl (C=O) groups excluding carboxylic acids is 1. The lowest BCUT2D eigenvalue weighted by atomic mass is 10.2. The molecule has 7 nitrogen and oxygen atoms in total. The quantitative estimate of drug-likeness (QED) is 0.596. The third-order valence-electron chi connectivity index (χ3n) is 3.59.